The van der Waals surface area contributed by atoms with E-state index in [4.69, 9.17) is 0 Å². The van der Waals surface area contributed by atoms with Gasteiger partial charge in [0.1, 0.15) is 0 Å². The Kier molecular flexibility index (Phi) is 6.55. The molecule has 0 bridgehead atoms. The summed E-state index contributed by atoms with van der Waals surface area (Å²) in [6.07, 6.45) is 3.67. The van der Waals surface area contributed by atoms with Gasteiger partial charge in [-0.2, -0.15) is 0 Å². The molecule has 0 spiro atoms. The summed E-state index contributed by atoms with van der Waals surface area (Å²) < 4.78 is 53.2. The van der Waals surface area contributed by atoms with Gasteiger partial charge in [0, 0.05) is 25.2 Å². The maximum atomic E-state index is 12.2. The zero-order chi connectivity index (χ0) is 18.5. The molecule has 1 aromatic rings. The summed E-state index contributed by atoms with van der Waals surface area (Å²) in [4.78, 5) is 11.0. The van der Waals surface area contributed by atoms with E-state index in [0.29, 0.717) is 5.69 Å². The number of hydrogen-bond acceptors (Lipinski definition) is 5. The number of carbonyl (C=O) groups excluding carboxylic acids is 1. The quantitative estimate of drug-likeness (QED) is 0.607. The van der Waals surface area contributed by atoms with E-state index in [1.807, 2.05) is 0 Å². The van der Waals surface area contributed by atoms with E-state index in [0.717, 1.165) is 25.7 Å². The molecule has 2 rings (SSSR count). The van der Waals surface area contributed by atoms with Gasteiger partial charge in [0.25, 0.3) is 0 Å². The van der Waals surface area contributed by atoms with Crippen molar-refractivity contribution in [1.82, 2.24) is 9.44 Å². The molecular formula is C15H23N3O5S2. The van der Waals surface area contributed by atoms with Crippen molar-refractivity contribution in [2.24, 2.45) is 0 Å². The average molecular weight is 389 g/mol. The van der Waals surface area contributed by atoms with Crippen molar-refractivity contribution in [1.29, 1.82) is 0 Å². The number of sulfonamides is 2. The monoisotopic (exact) mass is 389 g/mol. The average Bonchev–Trinajstić information content (AvgIpc) is 2.98. The maximum absolute atomic E-state index is 12.2. The second-order valence-corrected chi connectivity index (χ2v) is 9.66. The second-order valence-electron chi connectivity index (χ2n) is 6.02. The van der Waals surface area contributed by atoms with Gasteiger partial charge in [-0.25, -0.2) is 26.3 Å². The molecular weight excluding hydrogens is 366 g/mol. The van der Waals surface area contributed by atoms with E-state index in [-0.39, 0.29) is 29.1 Å². The summed E-state index contributed by atoms with van der Waals surface area (Å²) in [7, 11) is -7.32. The number of anilines is 1. The van der Waals surface area contributed by atoms with Crippen LogP contribution >= 0.6 is 0 Å². The van der Waals surface area contributed by atoms with Gasteiger partial charge < -0.3 is 5.32 Å². The van der Waals surface area contributed by atoms with Crippen molar-refractivity contribution < 1.29 is 21.6 Å². The molecule has 3 N–H and O–H groups in total. The number of nitrogens with one attached hydrogen (secondary N) is 3. The van der Waals surface area contributed by atoms with E-state index in [1.54, 1.807) is 0 Å². The highest BCUT2D eigenvalue weighted by atomic mass is 32.2. The molecule has 0 atom stereocenters. The molecule has 0 aromatic heterocycles. The molecule has 1 aromatic carbocycles. The van der Waals surface area contributed by atoms with Crippen LogP contribution in [0.15, 0.2) is 29.2 Å². The smallest absolute Gasteiger partial charge is 0.240 e. The van der Waals surface area contributed by atoms with Gasteiger partial charge in [-0.05, 0) is 37.1 Å². The van der Waals surface area contributed by atoms with Gasteiger partial charge in [-0.15, -0.1) is 0 Å². The van der Waals surface area contributed by atoms with Crippen LogP contribution in [0.4, 0.5) is 5.69 Å². The number of benzene rings is 1. The van der Waals surface area contributed by atoms with Gasteiger partial charge in [-0.1, -0.05) is 12.8 Å². The molecule has 0 radical (unpaired) electrons. The molecule has 25 heavy (non-hydrogen) atoms. The summed E-state index contributed by atoms with van der Waals surface area (Å²) in [5.41, 5.74) is 0.481. The van der Waals surface area contributed by atoms with Crippen LogP contribution in [0, 0.1) is 0 Å². The predicted octanol–water partition coefficient (Wildman–Crippen LogP) is 0.785. The normalized spacial score (nSPS) is 16.0. The molecule has 0 saturated heterocycles. The van der Waals surface area contributed by atoms with Crippen LogP contribution in [0.3, 0.4) is 0 Å². The first kappa shape index (κ1) is 19.8. The maximum Gasteiger partial charge on any atom is 0.240 e. The van der Waals surface area contributed by atoms with Crippen molar-refractivity contribution in [2.75, 3.05) is 17.6 Å². The van der Waals surface area contributed by atoms with Crippen LogP contribution in [0.5, 0.6) is 0 Å². The molecule has 0 heterocycles. The van der Waals surface area contributed by atoms with Crippen LogP contribution in [0.25, 0.3) is 0 Å². The van der Waals surface area contributed by atoms with Crippen molar-refractivity contribution in [3.63, 3.8) is 0 Å². The third-order valence-electron chi connectivity index (χ3n) is 3.85. The highest BCUT2D eigenvalue weighted by molar-refractivity contribution is 7.90. The molecule has 8 nitrogen and oxygen atoms in total. The summed E-state index contributed by atoms with van der Waals surface area (Å²) >= 11 is 0. The third-order valence-corrected chi connectivity index (χ3v) is 6.76. The molecule has 1 aliphatic rings. The first-order valence-electron chi connectivity index (χ1n) is 8.05. The van der Waals surface area contributed by atoms with Crippen molar-refractivity contribution >= 4 is 31.6 Å². The lowest BCUT2D eigenvalue weighted by Gasteiger charge is -2.13. The number of carbonyl (C=O) groups is 1. The van der Waals surface area contributed by atoms with Gasteiger partial charge in [0.2, 0.25) is 26.0 Å². The van der Waals surface area contributed by atoms with E-state index in [2.05, 4.69) is 14.8 Å². The Bertz CT molecular complexity index is 798. The zero-order valence-electron chi connectivity index (χ0n) is 14.0. The Morgan fingerprint density at radius 1 is 1.08 bits per heavy atom. The van der Waals surface area contributed by atoms with Gasteiger partial charge >= 0.3 is 0 Å². The zero-order valence-corrected chi connectivity index (χ0v) is 15.6. The van der Waals surface area contributed by atoms with Gasteiger partial charge in [-0.3, -0.25) is 4.79 Å². The largest absolute Gasteiger partial charge is 0.326 e. The summed E-state index contributed by atoms with van der Waals surface area (Å²) in [5.74, 6) is -0.569. The van der Waals surface area contributed by atoms with Crippen molar-refractivity contribution in [3.05, 3.63) is 24.3 Å². The fourth-order valence-electron chi connectivity index (χ4n) is 2.67. The number of hydrogen-bond donors (Lipinski definition) is 3. The Morgan fingerprint density at radius 2 is 1.68 bits per heavy atom. The SMILES string of the molecule is CC(=O)Nc1ccc(S(=O)(=O)NCCS(=O)(=O)NC2CCCC2)cc1. The molecule has 1 saturated carbocycles. The van der Waals surface area contributed by atoms with E-state index in [9.17, 15) is 21.6 Å². The minimum absolute atomic E-state index is 0.00255. The molecule has 1 amide bonds. The first-order valence-corrected chi connectivity index (χ1v) is 11.2. The highest BCUT2D eigenvalue weighted by Crippen LogP contribution is 2.18. The lowest BCUT2D eigenvalue weighted by Crippen LogP contribution is -2.38. The minimum atomic E-state index is -3.81. The molecule has 10 heteroatoms. The van der Waals surface area contributed by atoms with Crippen LogP contribution in [0.2, 0.25) is 0 Å². The lowest BCUT2D eigenvalue weighted by atomic mass is 10.3. The van der Waals surface area contributed by atoms with Crippen LogP contribution in [-0.4, -0.2) is 41.1 Å². The Morgan fingerprint density at radius 3 is 2.24 bits per heavy atom. The lowest BCUT2D eigenvalue weighted by molar-refractivity contribution is -0.114. The Labute approximate surface area is 148 Å². The van der Waals surface area contributed by atoms with E-state index in [1.165, 1.54) is 31.2 Å². The summed E-state index contributed by atoms with van der Waals surface area (Å²) in [6, 6.07) is 5.59. The van der Waals surface area contributed by atoms with Crippen LogP contribution in [-0.2, 0) is 24.8 Å². The highest BCUT2D eigenvalue weighted by Gasteiger charge is 2.22. The Hall–Kier alpha value is -1.49. The second kappa shape index (κ2) is 8.26. The predicted molar refractivity (Wildman–Crippen MR) is 95.1 cm³/mol. The van der Waals surface area contributed by atoms with Crippen LogP contribution < -0.4 is 14.8 Å². The topological polar surface area (TPSA) is 121 Å². The fourth-order valence-corrected chi connectivity index (χ4v) is 5.06. The number of rotatable bonds is 8. The molecule has 0 unspecified atom stereocenters. The third kappa shape index (κ3) is 6.38. The molecule has 140 valence electrons. The van der Waals surface area contributed by atoms with Crippen molar-refractivity contribution in [2.45, 2.75) is 43.5 Å². The van der Waals surface area contributed by atoms with Gasteiger partial charge in [0.05, 0.1) is 10.6 Å². The number of amides is 1. The van der Waals surface area contributed by atoms with Crippen molar-refractivity contribution in [3.8, 4) is 0 Å². The Balaban J connectivity index is 1.89. The minimum Gasteiger partial charge on any atom is -0.326 e. The van der Waals surface area contributed by atoms with Gasteiger partial charge in [0.15, 0.2) is 0 Å². The first-order chi connectivity index (χ1) is 11.7. The summed E-state index contributed by atoms with van der Waals surface area (Å²) in [5, 5.41) is 2.54. The van der Waals surface area contributed by atoms with E-state index >= 15 is 0 Å². The fraction of sp³-hybridized carbons (Fsp3) is 0.533. The van der Waals surface area contributed by atoms with E-state index < -0.39 is 20.0 Å². The molecule has 0 aliphatic heterocycles. The molecule has 1 fully saturated rings. The summed E-state index contributed by atoms with van der Waals surface area (Å²) in [6.45, 7) is 1.14. The molecule has 1 aliphatic carbocycles. The van der Waals surface area contributed by atoms with Crippen LogP contribution in [0.1, 0.15) is 32.6 Å². The standard InChI is InChI=1S/C15H23N3O5S2/c1-12(19)17-13-6-8-15(9-7-13)25(22,23)16-10-11-24(20,21)18-14-4-2-3-5-14/h6-9,14,16,18H,2-5,10-11H2,1H3,(H,17,19).